The van der Waals surface area contributed by atoms with Crippen molar-refractivity contribution in [1.82, 2.24) is 10.2 Å². The summed E-state index contributed by atoms with van der Waals surface area (Å²) in [6.45, 7) is 13.1. The molecule has 1 aliphatic rings. The van der Waals surface area contributed by atoms with E-state index in [2.05, 4.69) is 31.0 Å². The summed E-state index contributed by atoms with van der Waals surface area (Å²) in [4.78, 5) is 2.60. The SMILES string of the molecule is CC(C)CNCCN1CCCC(C)C1. The summed E-state index contributed by atoms with van der Waals surface area (Å²) in [5.41, 5.74) is 0. The van der Waals surface area contributed by atoms with E-state index in [1.54, 1.807) is 0 Å². The van der Waals surface area contributed by atoms with Gasteiger partial charge in [0.25, 0.3) is 0 Å². The Morgan fingerprint density at radius 1 is 1.43 bits per heavy atom. The van der Waals surface area contributed by atoms with Crippen molar-refractivity contribution >= 4 is 0 Å². The number of nitrogens with one attached hydrogen (secondary N) is 1. The van der Waals surface area contributed by atoms with E-state index in [0.29, 0.717) is 0 Å². The maximum atomic E-state index is 3.51. The highest BCUT2D eigenvalue weighted by Gasteiger charge is 2.14. The van der Waals surface area contributed by atoms with E-state index in [1.165, 1.54) is 32.5 Å². The Hall–Kier alpha value is -0.0800. The molecule has 0 spiro atoms. The topological polar surface area (TPSA) is 15.3 Å². The van der Waals surface area contributed by atoms with Gasteiger partial charge in [0.1, 0.15) is 0 Å². The minimum absolute atomic E-state index is 0.773. The van der Waals surface area contributed by atoms with Crippen molar-refractivity contribution < 1.29 is 0 Å². The highest BCUT2D eigenvalue weighted by molar-refractivity contribution is 4.70. The maximum absolute atomic E-state index is 3.51. The second kappa shape index (κ2) is 6.41. The second-order valence-corrected chi connectivity index (χ2v) is 5.15. The quantitative estimate of drug-likeness (QED) is 0.679. The van der Waals surface area contributed by atoms with Gasteiger partial charge in [0.2, 0.25) is 0 Å². The molecule has 0 radical (unpaired) electrons. The molecule has 0 saturated carbocycles. The molecule has 1 saturated heterocycles. The molecule has 1 aliphatic heterocycles. The lowest BCUT2D eigenvalue weighted by molar-refractivity contribution is 0.184. The average Bonchev–Trinajstić information content (AvgIpc) is 2.12. The predicted octanol–water partition coefficient (Wildman–Crippen LogP) is 1.96. The van der Waals surface area contributed by atoms with Crippen LogP contribution in [0.1, 0.15) is 33.6 Å². The Labute approximate surface area is 89.1 Å². The molecule has 0 aromatic rings. The lowest BCUT2D eigenvalue weighted by Crippen LogP contribution is -2.39. The van der Waals surface area contributed by atoms with E-state index in [4.69, 9.17) is 0 Å². The van der Waals surface area contributed by atoms with E-state index in [1.807, 2.05) is 0 Å². The number of piperidine rings is 1. The first-order valence-electron chi connectivity index (χ1n) is 6.11. The van der Waals surface area contributed by atoms with Crippen molar-refractivity contribution in [3.8, 4) is 0 Å². The van der Waals surface area contributed by atoms with Crippen molar-refractivity contribution in [2.24, 2.45) is 11.8 Å². The van der Waals surface area contributed by atoms with Gasteiger partial charge < -0.3 is 10.2 Å². The Bertz CT molecular complexity index is 145. The molecular formula is C12H26N2. The van der Waals surface area contributed by atoms with Gasteiger partial charge in [-0.25, -0.2) is 0 Å². The first-order valence-corrected chi connectivity index (χ1v) is 6.11. The summed E-state index contributed by atoms with van der Waals surface area (Å²) >= 11 is 0. The number of hydrogen-bond donors (Lipinski definition) is 1. The van der Waals surface area contributed by atoms with Crippen molar-refractivity contribution in [1.29, 1.82) is 0 Å². The average molecular weight is 198 g/mol. The van der Waals surface area contributed by atoms with Gasteiger partial charge in [-0.3, -0.25) is 0 Å². The first kappa shape index (κ1) is 12.0. The zero-order chi connectivity index (χ0) is 10.4. The fourth-order valence-corrected chi connectivity index (χ4v) is 2.12. The van der Waals surface area contributed by atoms with Crippen LogP contribution in [0, 0.1) is 11.8 Å². The van der Waals surface area contributed by atoms with E-state index < -0.39 is 0 Å². The van der Waals surface area contributed by atoms with Crippen LogP contribution < -0.4 is 5.32 Å². The van der Waals surface area contributed by atoms with Crippen LogP contribution in [0.15, 0.2) is 0 Å². The van der Waals surface area contributed by atoms with E-state index in [-0.39, 0.29) is 0 Å². The number of likely N-dealkylation sites (tertiary alicyclic amines) is 1. The molecule has 1 atom stereocenters. The molecule has 2 heteroatoms. The molecule has 0 aromatic carbocycles. The fourth-order valence-electron chi connectivity index (χ4n) is 2.12. The minimum Gasteiger partial charge on any atom is -0.315 e. The molecular weight excluding hydrogens is 172 g/mol. The van der Waals surface area contributed by atoms with Gasteiger partial charge in [-0.15, -0.1) is 0 Å². The van der Waals surface area contributed by atoms with Gasteiger partial charge in [0, 0.05) is 19.6 Å². The molecule has 1 N–H and O–H groups in total. The third-order valence-electron chi connectivity index (χ3n) is 2.90. The fraction of sp³-hybridized carbons (Fsp3) is 1.00. The first-order chi connectivity index (χ1) is 6.68. The number of rotatable bonds is 5. The highest BCUT2D eigenvalue weighted by Crippen LogP contribution is 2.14. The zero-order valence-corrected chi connectivity index (χ0v) is 10.1. The summed E-state index contributed by atoms with van der Waals surface area (Å²) in [6.07, 6.45) is 2.82. The lowest BCUT2D eigenvalue weighted by atomic mass is 10.0. The van der Waals surface area contributed by atoms with Gasteiger partial charge in [-0.1, -0.05) is 20.8 Å². The van der Waals surface area contributed by atoms with Crippen LogP contribution in [0.5, 0.6) is 0 Å². The Morgan fingerprint density at radius 3 is 2.86 bits per heavy atom. The van der Waals surface area contributed by atoms with Gasteiger partial charge in [0.15, 0.2) is 0 Å². The van der Waals surface area contributed by atoms with E-state index in [0.717, 1.165) is 24.9 Å². The maximum Gasteiger partial charge on any atom is 0.0107 e. The standard InChI is InChI=1S/C12H26N2/c1-11(2)9-13-6-8-14-7-4-5-12(3)10-14/h11-13H,4-10H2,1-3H3. The Balaban J connectivity index is 2.00. The van der Waals surface area contributed by atoms with Crippen molar-refractivity contribution in [3.63, 3.8) is 0 Å². The lowest BCUT2D eigenvalue weighted by Gasteiger charge is -2.30. The van der Waals surface area contributed by atoms with Crippen LogP contribution in [0.2, 0.25) is 0 Å². The predicted molar refractivity (Wildman–Crippen MR) is 62.5 cm³/mol. The molecule has 14 heavy (non-hydrogen) atoms. The summed E-state index contributed by atoms with van der Waals surface area (Å²) in [5.74, 6) is 1.68. The highest BCUT2D eigenvalue weighted by atomic mass is 15.1. The van der Waals surface area contributed by atoms with Crippen molar-refractivity contribution in [2.75, 3.05) is 32.7 Å². The van der Waals surface area contributed by atoms with Gasteiger partial charge >= 0.3 is 0 Å². The zero-order valence-electron chi connectivity index (χ0n) is 10.1. The molecule has 0 bridgehead atoms. The Morgan fingerprint density at radius 2 is 2.21 bits per heavy atom. The summed E-state index contributed by atoms with van der Waals surface area (Å²) < 4.78 is 0. The second-order valence-electron chi connectivity index (χ2n) is 5.15. The third-order valence-corrected chi connectivity index (χ3v) is 2.90. The molecule has 1 rings (SSSR count). The molecule has 1 fully saturated rings. The van der Waals surface area contributed by atoms with Crippen LogP contribution in [-0.4, -0.2) is 37.6 Å². The summed E-state index contributed by atoms with van der Waals surface area (Å²) in [6, 6.07) is 0. The number of hydrogen-bond acceptors (Lipinski definition) is 2. The van der Waals surface area contributed by atoms with Crippen LogP contribution in [0.25, 0.3) is 0 Å². The largest absolute Gasteiger partial charge is 0.315 e. The molecule has 0 aliphatic carbocycles. The molecule has 0 amide bonds. The summed E-state index contributed by atoms with van der Waals surface area (Å²) in [5, 5.41) is 3.51. The van der Waals surface area contributed by atoms with E-state index >= 15 is 0 Å². The van der Waals surface area contributed by atoms with Gasteiger partial charge in [-0.05, 0) is 37.8 Å². The molecule has 84 valence electrons. The van der Waals surface area contributed by atoms with Crippen LogP contribution in [-0.2, 0) is 0 Å². The molecule has 0 aromatic heterocycles. The molecule has 1 heterocycles. The minimum atomic E-state index is 0.773. The van der Waals surface area contributed by atoms with Crippen LogP contribution in [0.3, 0.4) is 0 Å². The van der Waals surface area contributed by atoms with Crippen molar-refractivity contribution in [3.05, 3.63) is 0 Å². The smallest absolute Gasteiger partial charge is 0.0107 e. The number of nitrogens with zero attached hydrogens (tertiary/aromatic N) is 1. The third kappa shape index (κ3) is 4.97. The van der Waals surface area contributed by atoms with Gasteiger partial charge in [0.05, 0.1) is 0 Å². The van der Waals surface area contributed by atoms with Crippen molar-refractivity contribution in [2.45, 2.75) is 33.6 Å². The molecule has 1 unspecified atom stereocenters. The monoisotopic (exact) mass is 198 g/mol. The van der Waals surface area contributed by atoms with Crippen LogP contribution in [0.4, 0.5) is 0 Å². The van der Waals surface area contributed by atoms with Crippen LogP contribution >= 0.6 is 0 Å². The Kier molecular flexibility index (Phi) is 5.49. The van der Waals surface area contributed by atoms with E-state index in [9.17, 15) is 0 Å². The normalized spacial score (nSPS) is 24.4. The molecule has 2 nitrogen and oxygen atoms in total. The summed E-state index contributed by atoms with van der Waals surface area (Å²) in [7, 11) is 0. The van der Waals surface area contributed by atoms with Gasteiger partial charge in [-0.2, -0.15) is 0 Å².